The maximum Gasteiger partial charge on any atom is 0.255 e. The lowest BCUT2D eigenvalue weighted by atomic mass is 10.1. The van der Waals surface area contributed by atoms with Crippen molar-refractivity contribution in [3.63, 3.8) is 0 Å². The highest BCUT2D eigenvalue weighted by atomic mass is 32.2. The average molecular weight is 448 g/mol. The molecule has 3 amide bonds. The maximum atomic E-state index is 12.8. The van der Waals surface area contributed by atoms with Gasteiger partial charge in [0.15, 0.2) is 0 Å². The van der Waals surface area contributed by atoms with Crippen LogP contribution < -0.4 is 16.4 Å². The zero-order valence-corrected chi connectivity index (χ0v) is 18.7. The molecule has 3 rings (SSSR count). The van der Waals surface area contributed by atoms with Crippen molar-refractivity contribution < 1.29 is 14.4 Å². The van der Waals surface area contributed by atoms with E-state index in [1.165, 1.54) is 11.8 Å². The van der Waals surface area contributed by atoms with Crippen LogP contribution >= 0.6 is 11.8 Å². The van der Waals surface area contributed by atoms with E-state index >= 15 is 0 Å². The van der Waals surface area contributed by atoms with Crippen LogP contribution in [0.25, 0.3) is 0 Å². The van der Waals surface area contributed by atoms with Gasteiger partial charge in [-0.25, -0.2) is 0 Å². The first-order valence-corrected chi connectivity index (χ1v) is 11.1. The van der Waals surface area contributed by atoms with E-state index in [2.05, 4.69) is 10.6 Å². The van der Waals surface area contributed by atoms with E-state index in [0.717, 1.165) is 10.5 Å². The lowest BCUT2D eigenvalue weighted by molar-refractivity contribution is -0.115. The third-order valence-corrected chi connectivity index (χ3v) is 6.22. The molecular weight excluding hydrogens is 422 g/mol. The lowest BCUT2D eigenvalue weighted by Crippen LogP contribution is -2.24. The Hall–Kier alpha value is -3.58. The summed E-state index contributed by atoms with van der Waals surface area (Å²) in [6.07, 6.45) is 0.621. The molecule has 0 bridgehead atoms. The Bertz CT molecular complexity index is 1130. The van der Waals surface area contributed by atoms with Crippen molar-refractivity contribution in [2.45, 2.75) is 30.4 Å². The molecule has 32 heavy (non-hydrogen) atoms. The van der Waals surface area contributed by atoms with Crippen LogP contribution in [0.4, 0.5) is 11.4 Å². The van der Waals surface area contributed by atoms with E-state index in [0.29, 0.717) is 28.9 Å². The van der Waals surface area contributed by atoms with Gasteiger partial charge in [0, 0.05) is 27.4 Å². The Morgan fingerprint density at radius 3 is 2.28 bits per heavy atom. The normalized spacial score (nSPS) is 11.4. The molecule has 0 aromatic heterocycles. The number of benzene rings is 3. The summed E-state index contributed by atoms with van der Waals surface area (Å²) in [5.41, 5.74) is 8.42. The molecule has 6 nitrogen and oxygen atoms in total. The summed E-state index contributed by atoms with van der Waals surface area (Å²) in [6.45, 7) is 3.84. The molecule has 3 aromatic rings. The van der Waals surface area contributed by atoms with Crippen LogP contribution in [-0.2, 0) is 4.79 Å². The minimum absolute atomic E-state index is 0.140. The number of thioether (sulfide) groups is 1. The molecule has 3 aromatic carbocycles. The highest BCUT2D eigenvalue weighted by Crippen LogP contribution is 2.29. The van der Waals surface area contributed by atoms with Crippen LogP contribution in [-0.4, -0.2) is 23.0 Å². The molecule has 1 atom stereocenters. The average Bonchev–Trinajstić information content (AvgIpc) is 2.78. The minimum Gasteiger partial charge on any atom is -0.366 e. The van der Waals surface area contributed by atoms with Crippen LogP contribution in [0.3, 0.4) is 0 Å². The van der Waals surface area contributed by atoms with E-state index in [1.54, 1.807) is 30.3 Å². The van der Waals surface area contributed by atoms with Gasteiger partial charge in [0.1, 0.15) is 0 Å². The SMILES string of the molecule is CCC(Sc1cccc(NC(=O)c2ccccc2C)c1)C(=O)Nc1ccc(C(N)=O)cc1. The van der Waals surface area contributed by atoms with E-state index in [4.69, 9.17) is 5.73 Å². The zero-order valence-electron chi connectivity index (χ0n) is 17.9. The fourth-order valence-electron chi connectivity index (χ4n) is 3.10. The summed E-state index contributed by atoms with van der Waals surface area (Å²) >= 11 is 1.43. The summed E-state index contributed by atoms with van der Waals surface area (Å²) in [7, 11) is 0. The van der Waals surface area contributed by atoms with Gasteiger partial charge in [0.25, 0.3) is 5.91 Å². The first kappa shape index (κ1) is 23.1. The van der Waals surface area contributed by atoms with Crippen molar-refractivity contribution in [2.75, 3.05) is 10.6 Å². The molecule has 0 heterocycles. The highest BCUT2D eigenvalue weighted by Gasteiger charge is 2.19. The Morgan fingerprint density at radius 1 is 0.906 bits per heavy atom. The molecule has 0 spiro atoms. The predicted octanol–water partition coefficient (Wildman–Crippen LogP) is 4.86. The first-order valence-electron chi connectivity index (χ1n) is 10.2. The highest BCUT2D eigenvalue weighted by molar-refractivity contribution is 8.00. The molecule has 0 saturated carbocycles. The molecule has 0 aliphatic rings. The van der Waals surface area contributed by atoms with Crippen LogP contribution in [0, 0.1) is 6.92 Å². The van der Waals surface area contributed by atoms with E-state index in [-0.39, 0.29) is 17.1 Å². The van der Waals surface area contributed by atoms with Gasteiger partial charge >= 0.3 is 0 Å². The first-order chi connectivity index (χ1) is 15.4. The summed E-state index contributed by atoms with van der Waals surface area (Å²) < 4.78 is 0. The molecular formula is C25H25N3O3S. The van der Waals surface area contributed by atoms with E-state index in [1.807, 2.05) is 56.3 Å². The largest absolute Gasteiger partial charge is 0.366 e. The summed E-state index contributed by atoms with van der Waals surface area (Å²) in [5.74, 6) is -0.826. The van der Waals surface area contributed by atoms with Crippen LogP contribution in [0.1, 0.15) is 39.6 Å². The minimum atomic E-state index is -0.515. The number of hydrogen-bond donors (Lipinski definition) is 3. The number of amides is 3. The van der Waals surface area contributed by atoms with Gasteiger partial charge < -0.3 is 16.4 Å². The Balaban J connectivity index is 1.66. The number of anilines is 2. The van der Waals surface area contributed by atoms with E-state index in [9.17, 15) is 14.4 Å². The Kier molecular flexibility index (Phi) is 7.68. The van der Waals surface area contributed by atoms with Gasteiger partial charge in [-0.05, 0) is 67.4 Å². The fourth-order valence-corrected chi connectivity index (χ4v) is 4.11. The molecule has 4 N–H and O–H groups in total. The molecule has 0 fully saturated rings. The molecule has 0 aliphatic carbocycles. The second-order valence-electron chi connectivity index (χ2n) is 7.24. The maximum absolute atomic E-state index is 12.8. The van der Waals surface area contributed by atoms with Crippen LogP contribution in [0.2, 0.25) is 0 Å². The molecule has 1 unspecified atom stereocenters. The predicted molar refractivity (Wildman–Crippen MR) is 129 cm³/mol. The van der Waals surface area contributed by atoms with Crippen molar-refractivity contribution in [1.29, 1.82) is 0 Å². The molecule has 0 aliphatic heterocycles. The van der Waals surface area contributed by atoms with E-state index < -0.39 is 5.91 Å². The number of carbonyl (C=O) groups excluding carboxylic acids is 3. The van der Waals surface area contributed by atoms with Crippen molar-refractivity contribution in [2.24, 2.45) is 5.73 Å². The number of aryl methyl sites for hydroxylation is 1. The van der Waals surface area contributed by atoms with Gasteiger partial charge in [-0.1, -0.05) is 31.2 Å². The molecule has 164 valence electrons. The standard InChI is InChI=1S/C25H25N3O3S/c1-3-22(25(31)27-18-13-11-17(12-14-18)23(26)29)32-20-9-6-8-19(15-20)28-24(30)21-10-5-4-7-16(21)2/h4-15,22H,3H2,1-2H3,(H2,26,29)(H,27,31)(H,28,30). The van der Waals surface area contributed by atoms with Crippen molar-refractivity contribution in [1.82, 2.24) is 0 Å². The van der Waals surface area contributed by atoms with Gasteiger partial charge in [-0.3, -0.25) is 14.4 Å². The second-order valence-corrected chi connectivity index (χ2v) is 8.52. The quantitative estimate of drug-likeness (QED) is 0.429. The molecule has 7 heteroatoms. The van der Waals surface area contributed by atoms with Crippen LogP contribution in [0.5, 0.6) is 0 Å². The van der Waals surface area contributed by atoms with Crippen molar-refractivity contribution in [3.8, 4) is 0 Å². The van der Waals surface area contributed by atoms with Gasteiger partial charge in [-0.15, -0.1) is 11.8 Å². The fraction of sp³-hybridized carbons (Fsp3) is 0.160. The monoisotopic (exact) mass is 447 g/mol. The van der Waals surface area contributed by atoms with Crippen molar-refractivity contribution >= 4 is 40.9 Å². The second kappa shape index (κ2) is 10.6. The van der Waals surface area contributed by atoms with Crippen LogP contribution in [0.15, 0.2) is 77.7 Å². The molecule has 0 saturated heterocycles. The smallest absolute Gasteiger partial charge is 0.255 e. The topological polar surface area (TPSA) is 101 Å². The Labute approximate surface area is 191 Å². The number of primary amides is 1. The Morgan fingerprint density at radius 2 is 1.62 bits per heavy atom. The lowest BCUT2D eigenvalue weighted by Gasteiger charge is -2.16. The van der Waals surface area contributed by atoms with Gasteiger partial charge in [-0.2, -0.15) is 0 Å². The van der Waals surface area contributed by atoms with Gasteiger partial charge in [0.05, 0.1) is 5.25 Å². The summed E-state index contributed by atoms with van der Waals surface area (Å²) in [5, 5.41) is 5.47. The van der Waals surface area contributed by atoms with Gasteiger partial charge in [0.2, 0.25) is 11.8 Å². The zero-order chi connectivity index (χ0) is 23.1. The number of rotatable bonds is 8. The van der Waals surface area contributed by atoms with Crippen molar-refractivity contribution in [3.05, 3.63) is 89.5 Å². The number of nitrogens with two attached hydrogens (primary N) is 1. The summed E-state index contributed by atoms with van der Waals surface area (Å²) in [6, 6.07) is 21.3. The third kappa shape index (κ3) is 5.98. The molecule has 0 radical (unpaired) electrons. The summed E-state index contributed by atoms with van der Waals surface area (Å²) in [4.78, 5) is 37.4. The number of nitrogens with one attached hydrogen (secondary N) is 2. The number of hydrogen-bond acceptors (Lipinski definition) is 4. The third-order valence-electron chi connectivity index (χ3n) is 4.86. The number of carbonyl (C=O) groups is 3.